The fourth-order valence-corrected chi connectivity index (χ4v) is 3.80. The Bertz CT molecular complexity index is 674. The van der Waals surface area contributed by atoms with Gasteiger partial charge in [-0.15, -0.1) is 0 Å². The van der Waals surface area contributed by atoms with E-state index in [2.05, 4.69) is 19.6 Å². The fourth-order valence-electron chi connectivity index (χ4n) is 3.80. The zero-order chi connectivity index (χ0) is 18.5. The molecule has 1 aromatic carbocycles. The first kappa shape index (κ1) is 18.7. The maximum absolute atomic E-state index is 11.7. The van der Waals surface area contributed by atoms with Gasteiger partial charge in [0.1, 0.15) is 5.75 Å². The van der Waals surface area contributed by atoms with Crippen LogP contribution >= 0.6 is 0 Å². The van der Waals surface area contributed by atoms with E-state index in [1.54, 1.807) is 7.11 Å². The van der Waals surface area contributed by atoms with Crippen molar-refractivity contribution in [1.29, 1.82) is 0 Å². The van der Waals surface area contributed by atoms with Gasteiger partial charge in [-0.3, -0.25) is 4.79 Å². The van der Waals surface area contributed by atoms with Crippen LogP contribution in [0.3, 0.4) is 0 Å². The van der Waals surface area contributed by atoms with Crippen LogP contribution in [0.2, 0.25) is 0 Å². The summed E-state index contributed by atoms with van der Waals surface area (Å²) in [6.45, 7) is 7.46. The third kappa shape index (κ3) is 4.76. The Balaban J connectivity index is 1.66. The topological polar surface area (TPSA) is 44.8 Å². The van der Waals surface area contributed by atoms with E-state index in [0.29, 0.717) is 25.6 Å². The minimum Gasteiger partial charge on any atom is -0.497 e. The number of carbonyl (C=O) groups excluding carboxylic acids is 1. The second-order valence-corrected chi connectivity index (χ2v) is 7.37. The first-order valence-corrected chi connectivity index (χ1v) is 9.30. The highest BCUT2D eigenvalue weighted by Crippen LogP contribution is 2.36. The monoisotopic (exact) mass is 356 g/mol. The molecule has 4 nitrogen and oxygen atoms in total. The predicted octanol–water partition coefficient (Wildman–Crippen LogP) is 4.45. The molecule has 3 rings (SSSR count). The highest BCUT2D eigenvalue weighted by atomic mass is 16.5. The van der Waals surface area contributed by atoms with E-state index in [4.69, 9.17) is 14.2 Å². The van der Waals surface area contributed by atoms with Crippen molar-refractivity contribution < 1.29 is 19.0 Å². The number of methoxy groups -OCH3 is 1. The van der Waals surface area contributed by atoms with E-state index in [0.717, 1.165) is 36.1 Å². The average Bonchev–Trinajstić information content (AvgIpc) is 2.69. The smallest absolute Gasteiger partial charge is 0.306 e. The number of hydrogen-bond donors (Lipinski definition) is 0. The molecule has 3 atom stereocenters. The summed E-state index contributed by atoms with van der Waals surface area (Å²) in [5.41, 5.74) is 3.57. The molecule has 26 heavy (non-hydrogen) atoms. The van der Waals surface area contributed by atoms with Gasteiger partial charge in [-0.25, -0.2) is 0 Å². The van der Waals surface area contributed by atoms with Crippen molar-refractivity contribution in [1.82, 2.24) is 0 Å². The van der Waals surface area contributed by atoms with Crippen molar-refractivity contribution in [2.24, 2.45) is 11.8 Å². The van der Waals surface area contributed by atoms with Crippen LogP contribution in [0.15, 0.2) is 48.1 Å². The summed E-state index contributed by atoms with van der Waals surface area (Å²) >= 11 is 0. The van der Waals surface area contributed by atoms with Crippen molar-refractivity contribution in [3.05, 3.63) is 53.6 Å². The number of esters is 1. The Morgan fingerprint density at radius 3 is 2.73 bits per heavy atom. The van der Waals surface area contributed by atoms with Gasteiger partial charge in [-0.2, -0.15) is 0 Å². The van der Waals surface area contributed by atoms with Crippen LogP contribution in [-0.2, 0) is 20.9 Å². The van der Waals surface area contributed by atoms with Crippen molar-refractivity contribution in [2.45, 2.75) is 45.3 Å². The molecule has 0 N–H and O–H groups in total. The van der Waals surface area contributed by atoms with Crippen LogP contribution in [0.25, 0.3) is 0 Å². The summed E-state index contributed by atoms with van der Waals surface area (Å²) in [5, 5.41) is 0. The molecule has 1 aliphatic carbocycles. The van der Waals surface area contributed by atoms with E-state index in [-0.39, 0.29) is 18.0 Å². The van der Waals surface area contributed by atoms with Crippen LogP contribution < -0.4 is 4.74 Å². The maximum Gasteiger partial charge on any atom is 0.306 e. The third-order valence-electron chi connectivity index (χ3n) is 5.41. The second-order valence-electron chi connectivity index (χ2n) is 7.37. The largest absolute Gasteiger partial charge is 0.497 e. The normalized spacial score (nSPS) is 28.7. The highest BCUT2D eigenvalue weighted by molar-refractivity contribution is 5.70. The summed E-state index contributed by atoms with van der Waals surface area (Å²) in [7, 11) is 1.66. The van der Waals surface area contributed by atoms with Gasteiger partial charge in [0, 0.05) is 12.3 Å². The van der Waals surface area contributed by atoms with E-state index in [1.807, 2.05) is 24.3 Å². The molecule has 0 spiro atoms. The Morgan fingerprint density at radius 2 is 2.00 bits per heavy atom. The molecule has 1 saturated heterocycles. The summed E-state index contributed by atoms with van der Waals surface area (Å²) in [6.07, 6.45) is 5.49. The Labute approximate surface area is 155 Å². The molecule has 0 unspecified atom stereocenters. The lowest BCUT2D eigenvalue weighted by atomic mass is 9.79. The van der Waals surface area contributed by atoms with Gasteiger partial charge in [-0.05, 0) is 49.8 Å². The van der Waals surface area contributed by atoms with Gasteiger partial charge in [0.2, 0.25) is 0 Å². The molecule has 1 fully saturated rings. The minimum atomic E-state index is -0.0766. The molecule has 4 heteroatoms. The zero-order valence-corrected chi connectivity index (χ0v) is 15.7. The predicted molar refractivity (Wildman–Crippen MR) is 101 cm³/mol. The Kier molecular flexibility index (Phi) is 6.15. The number of carbonyl (C=O) groups is 1. The van der Waals surface area contributed by atoms with Gasteiger partial charge in [0.25, 0.3) is 0 Å². The number of benzene rings is 1. The highest BCUT2D eigenvalue weighted by Gasteiger charge is 2.33. The first-order valence-electron chi connectivity index (χ1n) is 9.30. The van der Waals surface area contributed by atoms with Crippen molar-refractivity contribution in [2.75, 3.05) is 13.7 Å². The lowest BCUT2D eigenvalue weighted by Crippen LogP contribution is -2.32. The molecule has 0 amide bonds. The number of allylic oxidation sites excluding steroid dienone is 1. The van der Waals surface area contributed by atoms with Gasteiger partial charge >= 0.3 is 5.97 Å². The molecule has 0 radical (unpaired) electrons. The Hall–Kier alpha value is -2.07. The van der Waals surface area contributed by atoms with Crippen LogP contribution in [0.1, 0.15) is 38.2 Å². The number of cyclic esters (lactones) is 1. The average molecular weight is 356 g/mol. The molecule has 2 aliphatic rings. The number of rotatable bonds is 4. The molecular formula is C22H28O4. The molecule has 0 saturated carbocycles. The van der Waals surface area contributed by atoms with Crippen molar-refractivity contribution in [3.63, 3.8) is 0 Å². The zero-order valence-electron chi connectivity index (χ0n) is 15.7. The lowest BCUT2D eigenvalue weighted by molar-refractivity contribution is -0.152. The molecule has 0 bridgehead atoms. The van der Waals surface area contributed by atoms with E-state index in [1.165, 1.54) is 5.57 Å². The Morgan fingerprint density at radius 1 is 1.23 bits per heavy atom. The fraction of sp³-hybridized carbons (Fsp3) is 0.500. The number of fused-ring (bicyclic) bond motifs is 1. The molecule has 0 aromatic heterocycles. The van der Waals surface area contributed by atoms with Gasteiger partial charge in [0.15, 0.2) is 0 Å². The summed E-state index contributed by atoms with van der Waals surface area (Å²) < 4.78 is 16.7. The SMILES string of the molecule is C=C1C[C@@H](OCc2ccc(OC)cc2)/C=C(/C)CC[C@@H]2CC(=O)OC[C@@H]12. The first-order chi connectivity index (χ1) is 12.5. The summed E-state index contributed by atoms with van der Waals surface area (Å²) in [5.74, 6) is 1.36. The van der Waals surface area contributed by atoms with Gasteiger partial charge in [0.05, 0.1) is 26.4 Å². The molecule has 1 heterocycles. The molecule has 1 aromatic rings. The van der Waals surface area contributed by atoms with Crippen molar-refractivity contribution in [3.8, 4) is 5.75 Å². The summed E-state index contributed by atoms with van der Waals surface area (Å²) in [6, 6.07) is 7.94. The lowest BCUT2D eigenvalue weighted by Gasteiger charge is -2.32. The van der Waals surface area contributed by atoms with Gasteiger partial charge in [-0.1, -0.05) is 35.9 Å². The number of hydrogen-bond acceptors (Lipinski definition) is 4. The molecule has 140 valence electrons. The standard InChI is InChI=1S/C22H28O4/c1-15-4-7-18-12-22(23)26-14-21(18)16(2)11-20(10-15)25-13-17-5-8-19(24-3)9-6-17/h5-6,8-10,18,20-21H,2,4,7,11-14H2,1,3H3/b15-10-/t18-,20+,21+/m1/s1. The van der Waals surface area contributed by atoms with E-state index >= 15 is 0 Å². The van der Waals surface area contributed by atoms with Crippen LogP contribution in [0.5, 0.6) is 5.75 Å². The quantitative estimate of drug-likeness (QED) is 0.591. The van der Waals surface area contributed by atoms with Crippen LogP contribution in [-0.4, -0.2) is 25.8 Å². The summed E-state index contributed by atoms with van der Waals surface area (Å²) in [4.78, 5) is 11.7. The molecular weight excluding hydrogens is 328 g/mol. The van der Waals surface area contributed by atoms with Crippen LogP contribution in [0, 0.1) is 11.8 Å². The second kappa shape index (κ2) is 8.54. The van der Waals surface area contributed by atoms with Gasteiger partial charge < -0.3 is 14.2 Å². The van der Waals surface area contributed by atoms with Crippen LogP contribution in [0.4, 0.5) is 0 Å². The van der Waals surface area contributed by atoms with E-state index in [9.17, 15) is 4.79 Å². The number of ether oxygens (including phenoxy) is 3. The molecule has 1 aliphatic heterocycles. The van der Waals surface area contributed by atoms with Crippen molar-refractivity contribution >= 4 is 5.97 Å². The minimum absolute atomic E-state index is 0.000907. The maximum atomic E-state index is 11.7. The van der Waals surface area contributed by atoms with E-state index < -0.39 is 0 Å². The third-order valence-corrected chi connectivity index (χ3v) is 5.41.